The number of hydrogen-bond acceptors (Lipinski definition) is 3. The molecule has 3 aliphatic rings. The smallest absolute Gasteiger partial charge is 0.0729 e. The van der Waals surface area contributed by atoms with Crippen molar-refractivity contribution < 1.29 is 9.47 Å². The summed E-state index contributed by atoms with van der Waals surface area (Å²) in [6.45, 7) is 3.62. The van der Waals surface area contributed by atoms with Gasteiger partial charge >= 0.3 is 0 Å². The maximum Gasteiger partial charge on any atom is 0.0729 e. The Balaban J connectivity index is 1.63. The molecule has 3 unspecified atom stereocenters. The number of rotatable bonds is 2. The topological polar surface area (TPSA) is 44.5 Å². The van der Waals surface area contributed by atoms with E-state index in [1.807, 2.05) is 0 Å². The number of ether oxygens (including phenoxy) is 2. The van der Waals surface area contributed by atoms with Crippen LogP contribution in [0.5, 0.6) is 0 Å². The van der Waals surface area contributed by atoms with Gasteiger partial charge in [-0.1, -0.05) is 0 Å². The Morgan fingerprint density at radius 3 is 2.53 bits per heavy atom. The van der Waals surface area contributed by atoms with Crippen molar-refractivity contribution in [2.45, 2.75) is 44.1 Å². The molecule has 1 saturated carbocycles. The first kappa shape index (κ1) is 11.9. The summed E-state index contributed by atoms with van der Waals surface area (Å²) in [5.74, 6) is 2.56. The molecule has 0 aromatic rings. The standard InChI is InChI=1S/C14H25NO2/c15-10-12-1-2-13(12)11-3-6-17-14(9-11)4-7-16-8-5-14/h11-13H,1-10,15H2. The molecular formula is C14H25NO2. The second-order valence-corrected chi connectivity index (χ2v) is 6.13. The Morgan fingerprint density at radius 2 is 1.88 bits per heavy atom. The lowest BCUT2D eigenvalue weighted by Gasteiger charge is -2.49. The predicted molar refractivity (Wildman–Crippen MR) is 66.7 cm³/mol. The maximum atomic E-state index is 6.11. The highest BCUT2D eigenvalue weighted by molar-refractivity contribution is 4.95. The van der Waals surface area contributed by atoms with Crippen molar-refractivity contribution >= 4 is 0 Å². The van der Waals surface area contributed by atoms with Crippen LogP contribution in [0.15, 0.2) is 0 Å². The van der Waals surface area contributed by atoms with Crippen LogP contribution >= 0.6 is 0 Å². The van der Waals surface area contributed by atoms with Crippen LogP contribution in [-0.4, -0.2) is 32.0 Å². The first-order valence-electron chi connectivity index (χ1n) is 7.25. The van der Waals surface area contributed by atoms with Gasteiger partial charge in [-0.15, -0.1) is 0 Å². The van der Waals surface area contributed by atoms with Gasteiger partial charge in [0, 0.05) is 19.8 Å². The fraction of sp³-hybridized carbons (Fsp3) is 1.00. The molecule has 3 heteroatoms. The maximum absolute atomic E-state index is 6.11. The molecule has 0 amide bonds. The zero-order valence-corrected chi connectivity index (χ0v) is 10.7. The summed E-state index contributed by atoms with van der Waals surface area (Å²) in [5.41, 5.74) is 6.01. The summed E-state index contributed by atoms with van der Waals surface area (Å²) < 4.78 is 11.6. The lowest BCUT2D eigenvalue weighted by atomic mass is 9.62. The predicted octanol–water partition coefficient (Wildman–Crippen LogP) is 1.95. The second kappa shape index (κ2) is 4.87. The van der Waals surface area contributed by atoms with Crippen LogP contribution in [0.3, 0.4) is 0 Å². The van der Waals surface area contributed by atoms with Crippen LogP contribution in [0.25, 0.3) is 0 Å². The third kappa shape index (κ3) is 2.25. The lowest BCUT2D eigenvalue weighted by molar-refractivity contribution is -0.159. The summed E-state index contributed by atoms with van der Waals surface area (Å²) >= 11 is 0. The summed E-state index contributed by atoms with van der Waals surface area (Å²) in [7, 11) is 0. The van der Waals surface area contributed by atoms with Gasteiger partial charge in [-0.2, -0.15) is 0 Å². The van der Waals surface area contributed by atoms with E-state index in [0.717, 1.165) is 57.0 Å². The van der Waals surface area contributed by atoms with Gasteiger partial charge in [0.2, 0.25) is 0 Å². The van der Waals surface area contributed by atoms with E-state index >= 15 is 0 Å². The van der Waals surface area contributed by atoms with Gasteiger partial charge < -0.3 is 15.2 Å². The average Bonchev–Trinajstić information content (AvgIpc) is 2.29. The molecule has 2 heterocycles. The largest absolute Gasteiger partial charge is 0.381 e. The van der Waals surface area contributed by atoms with Gasteiger partial charge in [0.05, 0.1) is 5.60 Å². The van der Waals surface area contributed by atoms with Crippen LogP contribution in [0.4, 0.5) is 0 Å². The molecule has 3 fully saturated rings. The van der Waals surface area contributed by atoms with E-state index < -0.39 is 0 Å². The van der Waals surface area contributed by atoms with Gasteiger partial charge in [0.25, 0.3) is 0 Å². The van der Waals surface area contributed by atoms with E-state index in [9.17, 15) is 0 Å². The first-order valence-corrected chi connectivity index (χ1v) is 7.25. The van der Waals surface area contributed by atoms with Crippen molar-refractivity contribution in [3.63, 3.8) is 0 Å². The van der Waals surface area contributed by atoms with E-state index in [1.54, 1.807) is 0 Å². The summed E-state index contributed by atoms with van der Waals surface area (Å²) in [5, 5.41) is 0. The normalized spacial score (nSPS) is 41.1. The number of nitrogens with two attached hydrogens (primary N) is 1. The molecule has 0 radical (unpaired) electrons. The molecule has 3 rings (SSSR count). The van der Waals surface area contributed by atoms with Crippen molar-refractivity contribution in [3.05, 3.63) is 0 Å². The third-order valence-corrected chi connectivity index (χ3v) is 5.32. The Morgan fingerprint density at radius 1 is 1.06 bits per heavy atom. The SMILES string of the molecule is NCC1CCC1C1CCOC2(CCOCC2)C1. The van der Waals surface area contributed by atoms with Crippen molar-refractivity contribution in [2.24, 2.45) is 23.5 Å². The third-order valence-electron chi connectivity index (χ3n) is 5.32. The summed E-state index contributed by atoms with van der Waals surface area (Å²) in [6, 6.07) is 0. The Bertz CT molecular complexity index is 255. The summed E-state index contributed by atoms with van der Waals surface area (Å²) in [6.07, 6.45) is 7.47. The molecule has 1 aliphatic carbocycles. The van der Waals surface area contributed by atoms with E-state index in [0.29, 0.717) is 0 Å². The van der Waals surface area contributed by atoms with Crippen LogP contribution < -0.4 is 5.73 Å². The highest BCUT2D eigenvalue weighted by Gasteiger charge is 2.44. The minimum Gasteiger partial charge on any atom is -0.381 e. The lowest BCUT2D eigenvalue weighted by Crippen LogP contribution is -2.48. The van der Waals surface area contributed by atoms with E-state index in [4.69, 9.17) is 15.2 Å². The van der Waals surface area contributed by atoms with Crippen LogP contribution in [0.2, 0.25) is 0 Å². The molecule has 0 aromatic heterocycles. The van der Waals surface area contributed by atoms with Crippen molar-refractivity contribution in [1.82, 2.24) is 0 Å². The van der Waals surface area contributed by atoms with Gasteiger partial charge in [0.1, 0.15) is 0 Å². The fourth-order valence-corrected chi connectivity index (χ4v) is 4.03. The van der Waals surface area contributed by atoms with E-state index in [-0.39, 0.29) is 5.60 Å². The van der Waals surface area contributed by atoms with Gasteiger partial charge in [0.15, 0.2) is 0 Å². The molecule has 17 heavy (non-hydrogen) atoms. The zero-order valence-electron chi connectivity index (χ0n) is 10.7. The van der Waals surface area contributed by atoms with E-state index in [1.165, 1.54) is 25.7 Å². The fourth-order valence-electron chi connectivity index (χ4n) is 4.03. The van der Waals surface area contributed by atoms with Crippen LogP contribution in [0.1, 0.15) is 38.5 Å². The molecule has 98 valence electrons. The molecule has 0 aromatic carbocycles. The van der Waals surface area contributed by atoms with Crippen molar-refractivity contribution in [1.29, 1.82) is 0 Å². The Labute approximate surface area is 104 Å². The quantitative estimate of drug-likeness (QED) is 0.801. The molecule has 2 aliphatic heterocycles. The molecule has 3 nitrogen and oxygen atoms in total. The molecule has 1 spiro atoms. The highest BCUT2D eigenvalue weighted by atomic mass is 16.5. The molecule has 2 saturated heterocycles. The Kier molecular flexibility index (Phi) is 3.42. The van der Waals surface area contributed by atoms with Gasteiger partial charge in [-0.05, 0) is 62.8 Å². The molecule has 2 N–H and O–H groups in total. The summed E-state index contributed by atoms with van der Waals surface area (Å²) in [4.78, 5) is 0. The van der Waals surface area contributed by atoms with Crippen LogP contribution in [0, 0.1) is 17.8 Å². The van der Waals surface area contributed by atoms with E-state index in [2.05, 4.69) is 0 Å². The first-order chi connectivity index (χ1) is 8.33. The zero-order chi connectivity index (χ0) is 11.7. The van der Waals surface area contributed by atoms with Crippen molar-refractivity contribution in [3.8, 4) is 0 Å². The number of hydrogen-bond donors (Lipinski definition) is 1. The van der Waals surface area contributed by atoms with Gasteiger partial charge in [-0.3, -0.25) is 0 Å². The molecule has 3 atom stereocenters. The Hall–Kier alpha value is -0.120. The highest BCUT2D eigenvalue weighted by Crippen LogP contribution is 2.47. The van der Waals surface area contributed by atoms with Gasteiger partial charge in [-0.25, -0.2) is 0 Å². The minimum atomic E-state index is 0.163. The molecular weight excluding hydrogens is 214 g/mol. The minimum absolute atomic E-state index is 0.163. The molecule has 0 bridgehead atoms. The van der Waals surface area contributed by atoms with Crippen LogP contribution in [-0.2, 0) is 9.47 Å². The average molecular weight is 239 g/mol. The monoisotopic (exact) mass is 239 g/mol. The second-order valence-electron chi connectivity index (χ2n) is 6.13. The van der Waals surface area contributed by atoms with Crippen molar-refractivity contribution in [2.75, 3.05) is 26.4 Å².